The van der Waals surface area contributed by atoms with Crippen LogP contribution in [-0.2, 0) is 11.3 Å². The third-order valence-corrected chi connectivity index (χ3v) is 6.15. The second-order valence-corrected chi connectivity index (χ2v) is 10.2. The molecular weight excluding hydrogens is 444 g/mol. The number of likely N-dealkylation sites (tertiary alicyclic amines) is 1. The average molecular weight is 479 g/mol. The highest BCUT2D eigenvalue weighted by molar-refractivity contribution is 6.07. The van der Waals surface area contributed by atoms with Crippen LogP contribution in [0.5, 0.6) is 5.75 Å². The van der Waals surface area contributed by atoms with Crippen LogP contribution in [0.1, 0.15) is 62.2 Å². The van der Waals surface area contributed by atoms with Crippen molar-refractivity contribution in [1.29, 1.82) is 0 Å². The zero-order valence-electron chi connectivity index (χ0n) is 21.1. The fourth-order valence-corrected chi connectivity index (χ4v) is 4.46. The number of furan rings is 1. The number of nitrogens with zero attached hydrogens (tertiary/aromatic N) is 1. The third-order valence-electron chi connectivity index (χ3n) is 6.15. The second-order valence-electron chi connectivity index (χ2n) is 10.2. The molecule has 1 aromatic heterocycles. The number of piperidine rings is 1. The summed E-state index contributed by atoms with van der Waals surface area (Å²) in [5.74, 6) is 1.07. The Labute approximate surface area is 206 Å². The van der Waals surface area contributed by atoms with E-state index in [1.807, 2.05) is 76.2 Å². The van der Waals surface area contributed by atoms with Crippen molar-refractivity contribution < 1.29 is 23.5 Å². The molecule has 0 radical (unpaired) electrons. The van der Waals surface area contributed by atoms with Crippen LogP contribution in [0.4, 0.5) is 4.79 Å². The number of ether oxygens (including phenoxy) is 2. The highest BCUT2D eigenvalue weighted by Crippen LogP contribution is 2.30. The molecule has 186 valence electrons. The number of hydrogen-bond donors (Lipinski definition) is 1. The maximum absolute atomic E-state index is 13.3. The van der Waals surface area contributed by atoms with Gasteiger partial charge in [-0.3, -0.25) is 4.79 Å². The van der Waals surface area contributed by atoms with E-state index in [1.54, 1.807) is 11.8 Å². The molecule has 2 aromatic carbocycles. The molecule has 4 rings (SSSR count). The van der Waals surface area contributed by atoms with Gasteiger partial charge in [0.2, 0.25) is 0 Å². The molecule has 2 heterocycles. The molecule has 3 aromatic rings. The highest BCUT2D eigenvalue weighted by Gasteiger charge is 2.33. The van der Waals surface area contributed by atoms with E-state index in [4.69, 9.17) is 13.9 Å². The lowest BCUT2D eigenvalue weighted by molar-refractivity contribution is 0.00960. The lowest BCUT2D eigenvalue weighted by Crippen LogP contribution is -2.52. The molecule has 2 amide bonds. The Morgan fingerprint density at radius 2 is 1.89 bits per heavy atom. The third kappa shape index (κ3) is 5.96. The maximum atomic E-state index is 13.3. The van der Waals surface area contributed by atoms with Gasteiger partial charge in [-0.05, 0) is 71.2 Å². The summed E-state index contributed by atoms with van der Waals surface area (Å²) in [6.45, 7) is 10.3. The van der Waals surface area contributed by atoms with Crippen LogP contribution in [0.3, 0.4) is 0 Å². The monoisotopic (exact) mass is 478 g/mol. The summed E-state index contributed by atoms with van der Waals surface area (Å²) in [5.41, 5.74) is 1.70. The Morgan fingerprint density at radius 1 is 1.14 bits per heavy atom. The minimum absolute atomic E-state index is 0.0379. The smallest absolute Gasteiger partial charge is 0.410 e. The lowest BCUT2D eigenvalue weighted by atomic mass is 9.98. The number of carbonyl (C=O) groups excluding carboxylic acids is 2. The summed E-state index contributed by atoms with van der Waals surface area (Å²) in [6, 6.07) is 15.4. The van der Waals surface area contributed by atoms with Gasteiger partial charge in [-0.25, -0.2) is 4.79 Å². The van der Waals surface area contributed by atoms with Gasteiger partial charge in [0.1, 0.15) is 29.3 Å². The Balaban J connectivity index is 1.43. The molecule has 1 saturated heterocycles. The van der Waals surface area contributed by atoms with Crippen molar-refractivity contribution in [3.8, 4) is 5.75 Å². The Bertz CT molecular complexity index is 1200. The molecule has 0 saturated carbocycles. The topological polar surface area (TPSA) is 81.0 Å². The summed E-state index contributed by atoms with van der Waals surface area (Å²) >= 11 is 0. The van der Waals surface area contributed by atoms with E-state index in [0.717, 1.165) is 10.9 Å². The van der Waals surface area contributed by atoms with Gasteiger partial charge in [-0.2, -0.15) is 0 Å². The van der Waals surface area contributed by atoms with Crippen LogP contribution < -0.4 is 10.1 Å². The summed E-state index contributed by atoms with van der Waals surface area (Å²) in [6.07, 6.45) is 1.01. The molecule has 0 bridgehead atoms. The molecule has 35 heavy (non-hydrogen) atoms. The predicted molar refractivity (Wildman–Crippen MR) is 135 cm³/mol. The fourth-order valence-electron chi connectivity index (χ4n) is 4.46. The van der Waals surface area contributed by atoms with Crippen LogP contribution >= 0.6 is 0 Å². The van der Waals surface area contributed by atoms with Crippen molar-refractivity contribution in [2.45, 2.75) is 71.8 Å². The van der Waals surface area contributed by atoms with Gasteiger partial charge in [0.05, 0.1) is 5.56 Å². The SMILES string of the molecule is Cc1oc2ccc(OCc3ccccc3)cc2c1C(=O)N[C@H]1CCN(C(=O)OC(C)(C)C)[C@@H](C)C1. The number of fused-ring (bicyclic) bond motifs is 1. The van der Waals surface area contributed by atoms with Crippen molar-refractivity contribution in [3.63, 3.8) is 0 Å². The number of aryl methyl sites for hydroxylation is 1. The van der Waals surface area contributed by atoms with Crippen molar-refractivity contribution in [2.24, 2.45) is 0 Å². The maximum Gasteiger partial charge on any atom is 0.410 e. The van der Waals surface area contributed by atoms with Crippen molar-refractivity contribution in [2.75, 3.05) is 6.54 Å². The molecule has 7 heteroatoms. The highest BCUT2D eigenvalue weighted by atomic mass is 16.6. The van der Waals surface area contributed by atoms with E-state index in [-0.39, 0.29) is 24.1 Å². The molecule has 1 aliphatic rings. The van der Waals surface area contributed by atoms with Crippen LogP contribution in [-0.4, -0.2) is 41.1 Å². The normalized spacial score (nSPS) is 18.4. The lowest BCUT2D eigenvalue weighted by Gasteiger charge is -2.38. The average Bonchev–Trinajstić information content (AvgIpc) is 3.12. The molecule has 2 atom stereocenters. The van der Waals surface area contributed by atoms with Gasteiger partial charge in [-0.1, -0.05) is 30.3 Å². The summed E-state index contributed by atoms with van der Waals surface area (Å²) in [5, 5.41) is 3.88. The van der Waals surface area contributed by atoms with Crippen LogP contribution in [0.25, 0.3) is 11.0 Å². The van der Waals surface area contributed by atoms with E-state index in [0.29, 0.717) is 48.6 Å². The second kappa shape index (κ2) is 10.0. The van der Waals surface area contributed by atoms with E-state index in [1.165, 1.54) is 0 Å². The van der Waals surface area contributed by atoms with Gasteiger partial charge >= 0.3 is 6.09 Å². The first kappa shape index (κ1) is 24.6. The number of hydrogen-bond acceptors (Lipinski definition) is 5. The van der Waals surface area contributed by atoms with Gasteiger partial charge in [0.25, 0.3) is 5.91 Å². The number of nitrogens with one attached hydrogen (secondary N) is 1. The number of benzene rings is 2. The Hall–Kier alpha value is -3.48. The molecule has 0 unspecified atom stereocenters. The molecule has 0 aliphatic carbocycles. The molecule has 7 nitrogen and oxygen atoms in total. The van der Waals surface area contributed by atoms with Gasteiger partial charge in [0.15, 0.2) is 0 Å². The van der Waals surface area contributed by atoms with Crippen molar-refractivity contribution in [1.82, 2.24) is 10.2 Å². The van der Waals surface area contributed by atoms with Crippen LogP contribution in [0.2, 0.25) is 0 Å². The molecular formula is C28H34N2O5. The fraction of sp³-hybridized carbons (Fsp3) is 0.429. The van der Waals surface area contributed by atoms with Crippen LogP contribution in [0.15, 0.2) is 52.9 Å². The minimum Gasteiger partial charge on any atom is -0.489 e. The van der Waals surface area contributed by atoms with Gasteiger partial charge in [0, 0.05) is 24.0 Å². The number of amides is 2. The Kier molecular flexibility index (Phi) is 7.05. The summed E-state index contributed by atoms with van der Waals surface area (Å²) in [4.78, 5) is 27.5. The number of rotatable bonds is 5. The summed E-state index contributed by atoms with van der Waals surface area (Å²) in [7, 11) is 0. The van der Waals surface area contributed by atoms with Gasteiger partial charge < -0.3 is 24.1 Å². The summed E-state index contributed by atoms with van der Waals surface area (Å²) < 4.78 is 17.3. The number of carbonyl (C=O) groups is 2. The van der Waals surface area contributed by atoms with E-state index in [9.17, 15) is 9.59 Å². The van der Waals surface area contributed by atoms with E-state index < -0.39 is 5.60 Å². The first-order valence-corrected chi connectivity index (χ1v) is 12.1. The van der Waals surface area contributed by atoms with Crippen molar-refractivity contribution in [3.05, 3.63) is 65.4 Å². The first-order valence-electron chi connectivity index (χ1n) is 12.1. The minimum atomic E-state index is -0.536. The molecule has 1 fully saturated rings. The van der Waals surface area contributed by atoms with Crippen molar-refractivity contribution >= 4 is 23.0 Å². The van der Waals surface area contributed by atoms with E-state index >= 15 is 0 Å². The van der Waals surface area contributed by atoms with Gasteiger partial charge in [-0.15, -0.1) is 0 Å². The molecule has 0 spiro atoms. The Morgan fingerprint density at radius 3 is 2.57 bits per heavy atom. The standard InChI is InChI=1S/C28H34N2O5/c1-18-15-21(13-14-30(18)27(32)35-28(3,4)5)29-26(31)25-19(2)34-24-12-11-22(16-23(24)25)33-17-20-9-7-6-8-10-20/h6-12,16,18,21H,13-15,17H2,1-5H3,(H,29,31)/t18-,21-/m0/s1. The molecule has 1 N–H and O–H groups in total. The molecule has 1 aliphatic heterocycles. The quantitative estimate of drug-likeness (QED) is 0.498. The zero-order chi connectivity index (χ0) is 25.2. The first-order chi connectivity index (χ1) is 16.6. The zero-order valence-corrected chi connectivity index (χ0v) is 21.1. The largest absolute Gasteiger partial charge is 0.489 e. The van der Waals surface area contributed by atoms with E-state index in [2.05, 4.69) is 5.32 Å². The van der Waals surface area contributed by atoms with Crippen LogP contribution in [0, 0.1) is 6.92 Å². The predicted octanol–water partition coefficient (Wildman–Crippen LogP) is 5.84.